The van der Waals surface area contributed by atoms with Gasteiger partial charge in [-0.1, -0.05) is 30.2 Å². The van der Waals surface area contributed by atoms with Crippen LogP contribution in [0.5, 0.6) is 0 Å². The SMILES string of the molecule is CC#CCn1c(N2CCCC(N)C2)nc2c1c(=O)n(C/C=C/c1ccccc1[N+](=O)[O-])c(=O)n2C. The van der Waals surface area contributed by atoms with Gasteiger partial charge in [-0.25, -0.2) is 4.79 Å². The Balaban J connectivity index is 1.81. The fraction of sp³-hybridized carbons (Fsp3) is 0.375. The lowest BCUT2D eigenvalue weighted by Gasteiger charge is -2.31. The Morgan fingerprint density at radius 2 is 2.06 bits per heavy atom. The number of nitrogens with zero attached hydrogens (tertiary/aromatic N) is 6. The summed E-state index contributed by atoms with van der Waals surface area (Å²) in [7, 11) is 1.57. The Morgan fingerprint density at radius 3 is 2.77 bits per heavy atom. The molecule has 182 valence electrons. The topological polar surface area (TPSA) is 134 Å². The van der Waals surface area contributed by atoms with Crippen LogP contribution in [0.4, 0.5) is 11.6 Å². The molecule has 1 unspecified atom stereocenters. The van der Waals surface area contributed by atoms with E-state index in [1.54, 1.807) is 42.8 Å². The van der Waals surface area contributed by atoms with Crippen molar-refractivity contribution >= 4 is 28.9 Å². The third kappa shape index (κ3) is 4.61. The number of hydrogen-bond donors (Lipinski definition) is 1. The summed E-state index contributed by atoms with van der Waals surface area (Å²) in [5, 5.41) is 11.3. The number of hydrogen-bond acceptors (Lipinski definition) is 7. The van der Waals surface area contributed by atoms with Crippen LogP contribution < -0.4 is 21.9 Å². The highest BCUT2D eigenvalue weighted by Gasteiger charge is 2.26. The zero-order valence-electron chi connectivity index (χ0n) is 19.7. The van der Waals surface area contributed by atoms with E-state index in [0.29, 0.717) is 18.1 Å². The predicted molar refractivity (Wildman–Crippen MR) is 134 cm³/mol. The van der Waals surface area contributed by atoms with Gasteiger partial charge < -0.3 is 10.6 Å². The number of rotatable bonds is 6. The number of anilines is 1. The van der Waals surface area contributed by atoms with Gasteiger partial charge in [0, 0.05) is 38.8 Å². The van der Waals surface area contributed by atoms with E-state index in [4.69, 9.17) is 5.73 Å². The third-order valence-electron chi connectivity index (χ3n) is 6.09. The van der Waals surface area contributed by atoms with Crippen molar-refractivity contribution in [2.24, 2.45) is 12.8 Å². The highest BCUT2D eigenvalue weighted by atomic mass is 16.6. The van der Waals surface area contributed by atoms with E-state index >= 15 is 0 Å². The van der Waals surface area contributed by atoms with Crippen LogP contribution in [0, 0.1) is 22.0 Å². The molecule has 2 N–H and O–H groups in total. The number of fused-ring (bicyclic) bond motifs is 1. The van der Waals surface area contributed by atoms with Gasteiger partial charge in [0.25, 0.3) is 11.2 Å². The molecule has 0 radical (unpaired) electrons. The number of nitro groups is 1. The minimum Gasteiger partial charge on any atom is -0.341 e. The van der Waals surface area contributed by atoms with Gasteiger partial charge >= 0.3 is 5.69 Å². The molecule has 3 aromatic rings. The molecule has 1 aromatic carbocycles. The van der Waals surface area contributed by atoms with E-state index < -0.39 is 16.2 Å². The van der Waals surface area contributed by atoms with Crippen LogP contribution in [-0.4, -0.2) is 42.7 Å². The monoisotopic (exact) mass is 477 g/mol. The molecule has 0 spiro atoms. The summed E-state index contributed by atoms with van der Waals surface area (Å²) in [5.74, 6) is 6.42. The summed E-state index contributed by atoms with van der Waals surface area (Å²) in [6, 6.07) is 6.27. The van der Waals surface area contributed by atoms with Crippen molar-refractivity contribution in [3.05, 3.63) is 66.9 Å². The molecule has 1 atom stereocenters. The van der Waals surface area contributed by atoms with E-state index in [1.807, 2.05) is 4.90 Å². The number of allylic oxidation sites excluding steroid dienone is 1. The van der Waals surface area contributed by atoms with Crippen LogP contribution >= 0.6 is 0 Å². The number of imidazole rings is 1. The fourth-order valence-corrected chi connectivity index (χ4v) is 4.34. The second-order valence-corrected chi connectivity index (χ2v) is 8.42. The summed E-state index contributed by atoms with van der Waals surface area (Å²) in [6.07, 6.45) is 4.93. The number of benzene rings is 1. The van der Waals surface area contributed by atoms with Crippen LogP contribution in [0.1, 0.15) is 25.3 Å². The van der Waals surface area contributed by atoms with Crippen molar-refractivity contribution in [1.82, 2.24) is 18.7 Å². The van der Waals surface area contributed by atoms with Gasteiger partial charge in [-0.2, -0.15) is 4.98 Å². The molecule has 4 rings (SSSR count). The quantitative estimate of drug-likeness (QED) is 0.323. The molecule has 0 bridgehead atoms. The van der Waals surface area contributed by atoms with E-state index in [-0.39, 0.29) is 36.0 Å². The Kier molecular flexibility index (Phi) is 6.84. The molecule has 0 amide bonds. The van der Waals surface area contributed by atoms with Gasteiger partial charge in [-0.15, -0.1) is 5.92 Å². The highest BCUT2D eigenvalue weighted by Crippen LogP contribution is 2.23. The van der Waals surface area contributed by atoms with Gasteiger partial charge in [0.1, 0.15) is 0 Å². The number of aryl methyl sites for hydroxylation is 1. The smallest absolute Gasteiger partial charge is 0.332 e. The normalized spacial score (nSPS) is 16.0. The zero-order chi connectivity index (χ0) is 25.1. The van der Waals surface area contributed by atoms with Crippen LogP contribution in [0.2, 0.25) is 0 Å². The molecule has 2 aromatic heterocycles. The first-order valence-electron chi connectivity index (χ1n) is 11.3. The number of piperidine rings is 1. The van der Waals surface area contributed by atoms with Crippen LogP contribution in [0.25, 0.3) is 17.2 Å². The zero-order valence-corrected chi connectivity index (χ0v) is 19.7. The molecule has 1 aliphatic heterocycles. The van der Waals surface area contributed by atoms with Gasteiger partial charge in [-0.05, 0) is 25.8 Å². The maximum Gasteiger partial charge on any atom is 0.332 e. The third-order valence-corrected chi connectivity index (χ3v) is 6.09. The second kappa shape index (κ2) is 9.99. The fourth-order valence-electron chi connectivity index (χ4n) is 4.34. The molecule has 0 saturated carbocycles. The molecule has 1 fully saturated rings. The molecule has 1 saturated heterocycles. The van der Waals surface area contributed by atoms with Crippen LogP contribution in [0.15, 0.2) is 39.9 Å². The summed E-state index contributed by atoms with van der Waals surface area (Å²) in [5.41, 5.74) is 6.05. The summed E-state index contributed by atoms with van der Waals surface area (Å²) in [6.45, 7) is 3.26. The standard InChI is InChI=1S/C24H27N7O4/c1-3-4-14-29-20-21(26-23(29)28-13-8-11-18(25)16-28)27(2)24(33)30(22(20)32)15-7-10-17-9-5-6-12-19(17)31(34)35/h5-7,9-10,12,18H,8,11,13-16,25H2,1-2H3/b10-7+. The van der Waals surface area contributed by atoms with E-state index in [9.17, 15) is 19.7 Å². The molecule has 3 heterocycles. The van der Waals surface area contributed by atoms with E-state index in [1.165, 1.54) is 16.7 Å². The Bertz CT molecular complexity index is 1490. The summed E-state index contributed by atoms with van der Waals surface area (Å²) >= 11 is 0. The van der Waals surface area contributed by atoms with Gasteiger partial charge in [-0.3, -0.25) is 28.6 Å². The molecular formula is C24H27N7O4. The Hall–Kier alpha value is -4.17. The largest absolute Gasteiger partial charge is 0.341 e. The summed E-state index contributed by atoms with van der Waals surface area (Å²) < 4.78 is 4.18. The molecule has 1 aliphatic rings. The van der Waals surface area contributed by atoms with E-state index in [2.05, 4.69) is 16.8 Å². The van der Waals surface area contributed by atoms with Gasteiger partial charge in [0.15, 0.2) is 11.2 Å². The van der Waals surface area contributed by atoms with Gasteiger partial charge in [0.2, 0.25) is 5.95 Å². The van der Waals surface area contributed by atoms with Gasteiger partial charge in [0.05, 0.1) is 17.0 Å². The Morgan fingerprint density at radius 1 is 1.29 bits per heavy atom. The van der Waals surface area contributed by atoms with Crippen molar-refractivity contribution < 1.29 is 4.92 Å². The number of nitro benzene ring substituents is 1. The van der Waals surface area contributed by atoms with E-state index in [0.717, 1.165) is 24.0 Å². The van der Waals surface area contributed by atoms with Crippen molar-refractivity contribution in [2.75, 3.05) is 18.0 Å². The number of aromatic nitrogens is 4. The van der Waals surface area contributed by atoms with Crippen molar-refractivity contribution in [3.63, 3.8) is 0 Å². The highest BCUT2D eigenvalue weighted by molar-refractivity contribution is 5.75. The molecule has 35 heavy (non-hydrogen) atoms. The van der Waals surface area contributed by atoms with Crippen molar-refractivity contribution in [1.29, 1.82) is 0 Å². The van der Waals surface area contributed by atoms with Crippen molar-refractivity contribution in [2.45, 2.75) is 38.9 Å². The average Bonchev–Trinajstić information content (AvgIpc) is 3.23. The molecule has 11 heteroatoms. The first-order chi connectivity index (χ1) is 16.8. The lowest BCUT2D eigenvalue weighted by atomic mass is 10.1. The minimum absolute atomic E-state index is 0.00179. The van der Waals surface area contributed by atoms with Crippen LogP contribution in [0.3, 0.4) is 0 Å². The lowest BCUT2D eigenvalue weighted by Crippen LogP contribution is -2.44. The maximum absolute atomic E-state index is 13.5. The summed E-state index contributed by atoms with van der Waals surface area (Å²) in [4.78, 5) is 44.1. The lowest BCUT2D eigenvalue weighted by molar-refractivity contribution is -0.385. The predicted octanol–water partition coefficient (Wildman–Crippen LogP) is 1.47. The second-order valence-electron chi connectivity index (χ2n) is 8.42. The van der Waals surface area contributed by atoms with Crippen molar-refractivity contribution in [3.8, 4) is 11.8 Å². The molecule has 0 aliphatic carbocycles. The Labute approximate surface area is 201 Å². The first kappa shape index (κ1) is 24.0. The molecule has 11 nitrogen and oxygen atoms in total. The first-order valence-corrected chi connectivity index (χ1v) is 11.3. The molecular weight excluding hydrogens is 450 g/mol. The maximum atomic E-state index is 13.5. The van der Waals surface area contributed by atoms with Crippen LogP contribution in [-0.2, 0) is 20.1 Å². The average molecular weight is 478 g/mol. The number of para-hydroxylation sites is 1. The number of nitrogens with two attached hydrogens (primary N) is 1. The minimum atomic E-state index is -0.525.